The number of halogens is 2. The topological polar surface area (TPSA) is 52.0 Å². The second-order valence-corrected chi connectivity index (χ2v) is 4.73. The number of fused-ring (bicyclic) bond motifs is 1. The Morgan fingerprint density at radius 1 is 1.40 bits per heavy atom. The van der Waals surface area contributed by atoms with E-state index in [1.807, 2.05) is 0 Å². The van der Waals surface area contributed by atoms with Crippen molar-refractivity contribution >= 4 is 0 Å². The molecule has 1 N–H and O–H groups in total. The summed E-state index contributed by atoms with van der Waals surface area (Å²) in [6.07, 6.45) is 2.35. The number of nitrogens with zero attached hydrogens (tertiary/aromatic N) is 3. The van der Waals surface area contributed by atoms with Gasteiger partial charge in [0.1, 0.15) is 5.82 Å². The molecule has 5 nitrogen and oxygen atoms in total. The van der Waals surface area contributed by atoms with Gasteiger partial charge in [-0.2, -0.15) is 0 Å². The Bertz CT molecular complexity index is 629. The van der Waals surface area contributed by atoms with Crippen molar-refractivity contribution in [1.29, 1.82) is 0 Å². The molecular weight excluding hydrogens is 266 g/mol. The van der Waals surface area contributed by atoms with Crippen LogP contribution in [0.15, 0.2) is 18.3 Å². The zero-order chi connectivity index (χ0) is 14.1. The lowest BCUT2D eigenvalue weighted by atomic mass is 9.99. The zero-order valence-electron chi connectivity index (χ0n) is 10.9. The van der Waals surface area contributed by atoms with Crippen molar-refractivity contribution in [1.82, 2.24) is 20.3 Å². The van der Waals surface area contributed by atoms with Crippen LogP contribution in [0.4, 0.5) is 8.78 Å². The molecule has 0 aliphatic carbocycles. The van der Waals surface area contributed by atoms with E-state index in [1.165, 1.54) is 0 Å². The molecule has 0 saturated heterocycles. The first-order valence-corrected chi connectivity index (χ1v) is 6.34. The van der Waals surface area contributed by atoms with E-state index >= 15 is 0 Å². The Morgan fingerprint density at radius 3 is 2.95 bits per heavy atom. The van der Waals surface area contributed by atoms with Crippen LogP contribution in [0.3, 0.4) is 0 Å². The maximum absolute atomic E-state index is 13.9. The lowest BCUT2D eigenvalue weighted by Gasteiger charge is -2.27. The third-order valence-electron chi connectivity index (χ3n) is 3.28. The summed E-state index contributed by atoms with van der Waals surface area (Å²) in [5.41, 5.74) is 0.998. The van der Waals surface area contributed by atoms with E-state index in [4.69, 9.17) is 4.74 Å². The first-order chi connectivity index (χ1) is 9.65. The minimum atomic E-state index is -0.535. The number of ether oxygens (including phenoxy) is 1. The molecule has 0 amide bonds. The Balaban J connectivity index is 1.81. The Kier molecular flexibility index (Phi) is 3.35. The van der Waals surface area contributed by atoms with Gasteiger partial charge in [0.25, 0.3) is 0 Å². The number of nitrogens with one attached hydrogen (secondary N) is 1. The van der Waals surface area contributed by atoms with Crippen molar-refractivity contribution in [3.63, 3.8) is 0 Å². The van der Waals surface area contributed by atoms with Crippen molar-refractivity contribution in [3.05, 3.63) is 41.2 Å². The molecule has 0 fully saturated rings. The standard InChI is InChI=1S/C13H14F2N4O/c1-19-7-8(17-18-19)6-16-11-4-5-20-13-10(15)3-2-9(14)12(11)13/h2-3,7,11,16H,4-6H2,1H3/t11-/m1/s1. The van der Waals surface area contributed by atoms with Gasteiger partial charge in [-0.1, -0.05) is 5.21 Å². The second-order valence-electron chi connectivity index (χ2n) is 4.73. The molecule has 0 unspecified atom stereocenters. The molecule has 0 saturated carbocycles. The van der Waals surface area contributed by atoms with Crippen LogP contribution in [0.25, 0.3) is 0 Å². The number of benzene rings is 1. The van der Waals surface area contributed by atoms with E-state index in [-0.39, 0.29) is 17.4 Å². The van der Waals surface area contributed by atoms with Crippen molar-refractivity contribution in [2.24, 2.45) is 7.05 Å². The van der Waals surface area contributed by atoms with Crippen LogP contribution in [-0.2, 0) is 13.6 Å². The Labute approximate surface area is 114 Å². The summed E-state index contributed by atoms with van der Waals surface area (Å²) in [5.74, 6) is -0.988. The highest BCUT2D eigenvalue weighted by atomic mass is 19.1. The van der Waals surface area contributed by atoms with Crippen molar-refractivity contribution in [3.8, 4) is 5.75 Å². The number of aryl methyl sites for hydroxylation is 1. The van der Waals surface area contributed by atoms with Crippen molar-refractivity contribution in [2.45, 2.75) is 19.0 Å². The average molecular weight is 280 g/mol. The molecule has 2 heterocycles. The summed E-state index contributed by atoms with van der Waals surface area (Å²) in [6, 6.07) is 1.91. The van der Waals surface area contributed by atoms with E-state index in [0.29, 0.717) is 19.6 Å². The molecule has 1 aromatic carbocycles. The number of aromatic nitrogens is 3. The minimum absolute atomic E-state index is 0.00731. The minimum Gasteiger partial charge on any atom is -0.490 e. The highest BCUT2D eigenvalue weighted by molar-refractivity contribution is 5.40. The Morgan fingerprint density at radius 2 is 2.20 bits per heavy atom. The van der Waals surface area contributed by atoms with Crippen LogP contribution in [-0.4, -0.2) is 21.6 Å². The normalized spacial score (nSPS) is 17.6. The predicted octanol–water partition coefficient (Wildman–Crippen LogP) is 1.71. The van der Waals surface area contributed by atoms with Crippen molar-refractivity contribution in [2.75, 3.05) is 6.61 Å². The summed E-state index contributed by atoms with van der Waals surface area (Å²) >= 11 is 0. The van der Waals surface area contributed by atoms with Gasteiger partial charge in [0.15, 0.2) is 11.6 Å². The molecule has 1 aliphatic heterocycles. The van der Waals surface area contributed by atoms with E-state index in [9.17, 15) is 8.78 Å². The fourth-order valence-electron chi connectivity index (χ4n) is 2.35. The van der Waals surface area contributed by atoms with E-state index < -0.39 is 11.6 Å². The smallest absolute Gasteiger partial charge is 0.165 e. The number of hydrogen-bond acceptors (Lipinski definition) is 4. The summed E-state index contributed by atoms with van der Waals surface area (Å²) in [6.45, 7) is 0.791. The van der Waals surface area contributed by atoms with Gasteiger partial charge in [0.05, 0.1) is 12.3 Å². The van der Waals surface area contributed by atoms with Crippen LogP contribution in [0.2, 0.25) is 0 Å². The molecular formula is C13H14F2N4O. The van der Waals surface area contributed by atoms with Gasteiger partial charge >= 0.3 is 0 Å². The molecule has 2 aromatic rings. The van der Waals surface area contributed by atoms with Gasteiger partial charge in [0.2, 0.25) is 0 Å². The summed E-state index contributed by atoms with van der Waals surface area (Å²) < 4.78 is 34.4. The van der Waals surface area contributed by atoms with E-state index in [2.05, 4.69) is 15.6 Å². The lowest BCUT2D eigenvalue weighted by Crippen LogP contribution is -2.28. The number of rotatable bonds is 3. The highest BCUT2D eigenvalue weighted by Gasteiger charge is 2.27. The van der Waals surface area contributed by atoms with Gasteiger partial charge in [-0.25, -0.2) is 8.78 Å². The molecule has 1 atom stereocenters. The van der Waals surface area contributed by atoms with Gasteiger partial charge in [-0.05, 0) is 12.1 Å². The first kappa shape index (κ1) is 13.0. The first-order valence-electron chi connectivity index (χ1n) is 6.34. The predicted molar refractivity (Wildman–Crippen MR) is 67.1 cm³/mol. The summed E-state index contributed by atoms with van der Waals surface area (Å²) in [4.78, 5) is 0. The van der Waals surface area contributed by atoms with E-state index in [1.54, 1.807) is 17.9 Å². The van der Waals surface area contributed by atoms with Crippen LogP contribution >= 0.6 is 0 Å². The van der Waals surface area contributed by atoms with Crippen LogP contribution in [0, 0.1) is 11.6 Å². The molecule has 1 aliphatic rings. The summed E-state index contributed by atoms with van der Waals surface area (Å²) in [5, 5.41) is 10.9. The van der Waals surface area contributed by atoms with Crippen LogP contribution < -0.4 is 10.1 Å². The largest absolute Gasteiger partial charge is 0.490 e. The van der Waals surface area contributed by atoms with Gasteiger partial charge in [0, 0.05) is 37.8 Å². The molecule has 1 aromatic heterocycles. The SMILES string of the molecule is Cn1cc(CN[C@@H]2CCOc3c(F)ccc(F)c32)nn1. The fourth-order valence-corrected chi connectivity index (χ4v) is 2.35. The summed E-state index contributed by atoms with van der Waals surface area (Å²) in [7, 11) is 1.77. The molecule has 0 bridgehead atoms. The van der Waals surface area contributed by atoms with Crippen LogP contribution in [0.5, 0.6) is 5.75 Å². The quantitative estimate of drug-likeness (QED) is 0.930. The molecule has 106 valence electrons. The molecule has 7 heteroatoms. The zero-order valence-corrected chi connectivity index (χ0v) is 10.9. The van der Waals surface area contributed by atoms with Gasteiger partial charge < -0.3 is 10.1 Å². The third kappa shape index (κ3) is 2.36. The molecule has 3 rings (SSSR count). The lowest BCUT2D eigenvalue weighted by molar-refractivity contribution is 0.234. The number of hydrogen-bond donors (Lipinski definition) is 1. The highest BCUT2D eigenvalue weighted by Crippen LogP contribution is 2.36. The maximum atomic E-state index is 13.9. The Hall–Kier alpha value is -2.02. The fraction of sp³-hybridized carbons (Fsp3) is 0.385. The van der Waals surface area contributed by atoms with Crippen molar-refractivity contribution < 1.29 is 13.5 Å². The van der Waals surface area contributed by atoms with Gasteiger partial charge in [-0.3, -0.25) is 4.68 Å². The maximum Gasteiger partial charge on any atom is 0.165 e. The molecule has 20 heavy (non-hydrogen) atoms. The van der Waals surface area contributed by atoms with Gasteiger partial charge in [-0.15, -0.1) is 5.10 Å². The monoisotopic (exact) mass is 280 g/mol. The molecule has 0 spiro atoms. The third-order valence-corrected chi connectivity index (χ3v) is 3.28. The average Bonchev–Trinajstić information content (AvgIpc) is 2.86. The molecule has 0 radical (unpaired) electrons. The van der Waals surface area contributed by atoms with Crippen LogP contribution in [0.1, 0.15) is 23.7 Å². The second kappa shape index (κ2) is 5.16. The van der Waals surface area contributed by atoms with E-state index in [0.717, 1.165) is 17.8 Å².